The van der Waals surface area contributed by atoms with Crippen LogP contribution in [0.25, 0.3) is 0 Å². The number of aliphatic hydroxyl groups is 2. The van der Waals surface area contributed by atoms with Crippen LogP contribution in [0, 0.1) is 0 Å². The average molecular weight is 157 g/mol. The van der Waals surface area contributed by atoms with E-state index < -0.39 is 0 Å². The van der Waals surface area contributed by atoms with E-state index in [1.165, 1.54) is 6.92 Å². The van der Waals surface area contributed by atoms with Crippen LogP contribution in [0.2, 0.25) is 0 Å². The van der Waals surface area contributed by atoms with Gasteiger partial charge in [0.25, 0.3) is 0 Å². The fourth-order valence-corrected chi connectivity index (χ4v) is 0.284. The molecule has 0 amide bonds. The minimum Gasteiger partial charge on any atom is -0.505 e. The van der Waals surface area contributed by atoms with E-state index in [9.17, 15) is 0 Å². The van der Waals surface area contributed by atoms with Gasteiger partial charge in [0.1, 0.15) is 0 Å². The summed E-state index contributed by atoms with van der Waals surface area (Å²) in [6, 6.07) is 0. The molecule has 0 aromatic rings. The highest BCUT2D eigenvalue weighted by atomic mass is 16.3. The first-order valence-corrected chi connectivity index (χ1v) is 3.34. The molecule has 0 atom stereocenters. The van der Waals surface area contributed by atoms with Gasteiger partial charge >= 0.3 is 0 Å². The molecule has 0 saturated heterocycles. The molecule has 11 heavy (non-hydrogen) atoms. The van der Waals surface area contributed by atoms with Crippen LogP contribution in [-0.2, 0) is 0 Å². The normalized spacial score (nSPS) is 10.5. The maximum atomic E-state index is 8.79. The minimum atomic E-state index is -0.389. The molecule has 64 valence electrons. The van der Waals surface area contributed by atoms with E-state index in [0.29, 0.717) is 0 Å². The van der Waals surface area contributed by atoms with Gasteiger partial charge < -0.3 is 10.2 Å². The SMILES string of the molecule is C=N/C(C)=C(/O)C(=C)O.CC. The minimum absolute atomic E-state index is 0.266. The molecule has 0 spiro atoms. The van der Waals surface area contributed by atoms with Crippen molar-refractivity contribution < 1.29 is 10.2 Å². The van der Waals surface area contributed by atoms with E-state index in [-0.39, 0.29) is 17.2 Å². The molecule has 0 aliphatic carbocycles. The second-order valence-electron chi connectivity index (χ2n) is 1.54. The number of rotatable bonds is 2. The van der Waals surface area contributed by atoms with Crippen molar-refractivity contribution in [3.63, 3.8) is 0 Å². The third-order valence-corrected chi connectivity index (χ3v) is 0.853. The molecule has 0 saturated carbocycles. The summed E-state index contributed by atoms with van der Waals surface area (Å²) in [6.07, 6.45) is 0. The Balaban J connectivity index is 0. The average Bonchev–Trinajstić information content (AvgIpc) is 2.05. The molecule has 0 unspecified atom stereocenters. The summed E-state index contributed by atoms with van der Waals surface area (Å²) in [7, 11) is 0. The Labute approximate surface area is 67.4 Å². The largest absolute Gasteiger partial charge is 0.505 e. The smallest absolute Gasteiger partial charge is 0.178 e. The van der Waals surface area contributed by atoms with Crippen LogP contribution in [0.5, 0.6) is 0 Å². The van der Waals surface area contributed by atoms with Gasteiger partial charge in [-0.05, 0) is 13.6 Å². The lowest BCUT2D eigenvalue weighted by molar-refractivity contribution is 0.324. The zero-order valence-electron chi connectivity index (χ0n) is 7.26. The summed E-state index contributed by atoms with van der Waals surface area (Å²) >= 11 is 0. The van der Waals surface area contributed by atoms with Gasteiger partial charge in [-0.15, -0.1) is 0 Å². The molecular formula is C8H15NO2. The van der Waals surface area contributed by atoms with Crippen molar-refractivity contribution in [3.05, 3.63) is 23.8 Å². The molecule has 0 aliphatic rings. The Bertz CT molecular complexity index is 171. The molecule has 2 N–H and O–H groups in total. The zero-order valence-corrected chi connectivity index (χ0v) is 7.26. The first-order valence-electron chi connectivity index (χ1n) is 3.34. The van der Waals surface area contributed by atoms with Crippen molar-refractivity contribution in [1.82, 2.24) is 0 Å². The van der Waals surface area contributed by atoms with Gasteiger partial charge in [-0.25, -0.2) is 0 Å². The van der Waals surface area contributed by atoms with Crippen LogP contribution in [0.3, 0.4) is 0 Å². The van der Waals surface area contributed by atoms with Gasteiger partial charge in [-0.2, -0.15) is 0 Å². The summed E-state index contributed by atoms with van der Waals surface area (Å²) < 4.78 is 0. The van der Waals surface area contributed by atoms with Crippen LogP contribution in [0.4, 0.5) is 0 Å². The number of hydrogen-bond donors (Lipinski definition) is 2. The fourth-order valence-electron chi connectivity index (χ4n) is 0.284. The lowest BCUT2D eigenvalue weighted by Crippen LogP contribution is -1.87. The Hall–Kier alpha value is -1.25. The van der Waals surface area contributed by atoms with E-state index in [0.717, 1.165) is 0 Å². The number of hydrogen-bond acceptors (Lipinski definition) is 3. The van der Waals surface area contributed by atoms with Crippen LogP contribution in [0.1, 0.15) is 20.8 Å². The van der Waals surface area contributed by atoms with Gasteiger partial charge in [0, 0.05) is 0 Å². The van der Waals surface area contributed by atoms with E-state index in [1.54, 1.807) is 0 Å². The lowest BCUT2D eigenvalue weighted by Gasteiger charge is -1.96. The maximum absolute atomic E-state index is 8.79. The van der Waals surface area contributed by atoms with Crippen molar-refractivity contribution in [2.24, 2.45) is 4.99 Å². The van der Waals surface area contributed by atoms with Crippen molar-refractivity contribution in [2.75, 3.05) is 0 Å². The highest BCUT2D eigenvalue weighted by Gasteiger charge is 1.99. The number of aliphatic hydroxyl groups excluding tert-OH is 2. The third kappa shape index (κ3) is 5.21. The summed E-state index contributed by atoms with van der Waals surface area (Å²) in [5.74, 6) is -0.704. The summed E-state index contributed by atoms with van der Waals surface area (Å²) in [6.45, 7) is 11.7. The highest BCUT2D eigenvalue weighted by Crippen LogP contribution is 2.06. The molecule has 0 rings (SSSR count). The first kappa shape index (κ1) is 12.4. The lowest BCUT2D eigenvalue weighted by atomic mass is 10.3. The van der Waals surface area contributed by atoms with Gasteiger partial charge in [0.15, 0.2) is 11.5 Å². The van der Waals surface area contributed by atoms with E-state index in [4.69, 9.17) is 10.2 Å². The molecule has 3 nitrogen and oxygen atoms in total. The van der Waals surface area contributed by atoms with Crippen molar-refractivity contribution in [1.29, 1.82) is 0 Å². The van der Waals surface area contributed by atoms with E-state index >= 15 is 0 Å². The third-order valence-electron chi connectivity index (χ3n) is 0.853. The van der Waals surface area contributed by atoms with Gasteiger partial charge in [-0.3, -0.25) is 4.99 Å². The number of aliphatic imine (C=N–C) groups is 1. The first-order chi connectivity index (χ1) is 5.09. The molecule has 0 heterocycles. The Morgan fingerprint density at radius 1 is 1.27 bits per heavy atom. The van der Waals surface area contributed by atoms with Crippen molar-refractivity contribution >= 4 is 6.72 Å². The van der Waals surface area contributed by atoms with Crippen LogP contribution < -0.4 is 0 Å². The van der Waals surface area contributed by atoms with E-state index in [2.05, 4.69) is 18.3 Å². The summed E-state index contributed by atoms with van der Waals surface area (Å²) in [4.78, 5) is 3.37. The van der Waals surface area contributed by atoms with Crippen LogP contribution >= 0.6 is 0 Å². The highest BCUT2D eigenvalue weighted by molar-refractivity contribution is 5.31. The van der Waals surface area contributed by atoms with Crippen LogP contribution in [-0.4, -0.2) is 16.9 Å². The Kier molecular flexibility index (Phi) is 7.76. The number of allylic oxidation sites excluding steroid dienone is 1. The Morgan fingerprint density at radius 2 is 1.64 bits per heavy atom. The molecule has 0 radical (unpaired) electrons. The molecule has 0 fully saturated rings. The molecule has 0 aliphatic heterocycles. The molecule has 0 bridgehead atoms. The van der Waals surface area contributed by atoms with Gasteiger partial charge in [0.2, 0.25) is 0 Å². The summed E-state index contributed by atoms with van der Waals surface area (Å²) in [5.41, 5.74) is 0.266. The second-order valence-corrected chi connectivity index (χ2v) is 1.54. The molecule has 3 heteroatoms. The predicted molar refractivity (Wildman–Crippen MR) is 48.0 cm³/mol. The standard InChI is InChI=1S/C6H9NO2.C2H6/c1-4(7-3)6(9)5(2)8;1-2/h8-9H,2-3H2,1H3;1-2H3/b6-4+;. The molecular weight excluding hydrogens is 142 g/mol. The van der Waals surface area contributed by atoms with E-state index in [1.807, 2.05) is 13.8 Å². The molecule has 0 aromatic carbocycles. The zero-order chi connectivity index (χ0) is 9.44. The second kappa shape index (κ2) is 6.86. The fraction of sp³-hybridized carbons (Fsp3) is 0.375. The molecule has 0 aromatic heterocycles. The maximum Gasteiger partial charge on any atom is 0.178 e. The topological polar surface area (TPSA) is 52.8 Å². The van der Waals surface area contributed by atoms with Crippen molar-refractivity contribution in [2.45, 2.75) is 20.8 Å². The van der Waals surface area contributed by atoms with Gasteiger partial charge in [0.05, 0.1) is 5.70 Å². The number of nitrogens with zero attached hydrogens (tertiary/aromatic N) is 1. The predicted octanol–water partition coefficient (Wildman–Crippen LogP) is 2.57. The van der Waals surface area contributed by atoms with Crippen molar-refractivity contribution in [3.8, 4) is 0 Å². The summed E-state index contributed by atoms with van der Waals surface area (Å²) in [5, 5.41) is 17.3. The van der Waals surface area contributed by atoms with Crippen LogP contribution in [0.15, 0.2) is 28.8 Å². The Morgan fingerprint density at radius 3 is 1.73 bits per heavy atom. The monoisotopic (exact) mass is 157 g/mol. The van der Waals surface area contributed by atoms with Gasteiger partial charge in [-0.1, -0.05) is 20.4 Å². The quantitative estimate of drug-likeness (QED) is 0.367.